The summed E-state index contributed by atoms with van der Waals surface area (Å²) in [7, 11) is 1.37. The highest BCUT2D eigenvalue weighted by atomic mass is 32.2. The minimum absolute atomic E-state index is 0.0680. The average Bonchev–Trinajstić information content (AvgIpc) is 3.18. The lowest BCUT2D eigenvalue weighted by Gasteiger charge is -2.24. The summed E-state index contributed by atoms with van der Waals surface area (Å²) in [6.07, 6.45) is 1.63. The largest absolute Gasteiger partial charge is 0.494 e. The number of hydrogen-bond donors (Lipinski definition) is 1. The molecule has 10 heteroatoms. The zero-order valence-corrected chi connectivity index (χ0v) is 21.7. The molecule has 9 nitrogen and oxygen atoms in total. The number of aliphatic imine (C=N–C) groups is 1. The minimum atomic E-state index is -0.642. The summed E-state index contributed by atoms with van der Waals surface area (Å²) in [5, 5.41) is 15.7. The summed E-state index contributed by atoms with van der Waals surface area (Å²) < 4.78 is 5.20. The normalized spacial score (nSPS) is 17.3. The monoisotopic (exact) mass is 520 g/mol. The van der Waals surface area contributed by atoms with Gasteiger partial charge < -0.3 is 10.1 Å². The average molecular weight is 521 g/mol. The lowest BCUT2D eigenvalue weighted by atomic mass is 10.1. The molecule has 4 rings (SSSR count). The fourth-order valence-electron chi connectivity index (χ4n) is 4.32. The second-order valence-electron chi connectivity index (χ2n) is 8.74. The van der Waals surface area contributed by atoms with Crippen LogP contribution in [0.15, 0.2) is 65.7 Å². The van der Waals surface area contributed by atoms with Crippen LogP contribution in [0, 0.1) is 10.1 Å². The molecular formula is C27H28N4O5S. The van der Waals surface area contributed by atoms with Crippen molar-refractivity contribution < 1.29 is 19.2 Å². The molecule has 2 amide bonds. The number of amides is 2. The summed E-state index contributed by atoms with van der Waals surface area (Å²) in [4.78, 5) is 43.5. The van der Waals surface area contributed by atoms with Gasteiger partial charge in [-0.1, -0.05) is 61.5 Å². The van der Waals surface area contributed by atoms with Crippen LogP contribution in [-0.2, 0) is 9.59 Å². The van der Waals surface area contributed by atoms with Gasteiger partial charge in [0.15, 0.2) is 5.17 Å². The number of ether oxygens (including phenoxy) is 1. The van der Waals surface area contributed by atoms with Crippen molar-refractivity contribution in [2.24, 2.45) is 4.99 Å². The van der Waals surface area contributed by atoms with Gasteiger partial charge in [-0.05, 0) is 30.9 Å². The molecule has 0 saturated carbocycles. The van der Waals surface area contributed by atoms with E-state index in [1.807, 2.05) is 49.4 Å². The highest BCUT2D eigenvalue weighted by molar-refractivity contribution is 8.15. The molecule has 37 heavy (non-hydrogen) atoms. The Labute approximate surface area is 219 Å². The Balaban J connectivity index is 1.58. The van der Waals surface area contributed by atoms with Crippen LogP contribution in [0.1, 0.15) is 33.1 Å². The van der Waals surface area contributed by atoms with E-state index in [0.717, 1.165) is 29.3 Å². The van der Waals surface area contributed by atoms with Gasteiger partial charge in [-0.2, -0.15) is 0 Å². The second kappa shape index (κ2) is 11.4. The van der Waals surface area contributed by atoms with Crippen molar-refractivity contribution in [3.63, 3.8) is 0 Å². The molecule has 1 heterocycles. The molecule has 1 N–H and O–H groups in total. The van der Waals surface area contributed by atoms with Gasteiger partial charge in [0.1, 0.15) is 11.0 Å². The first-order chi connectivity index (χ1) is 17.8. The molecular weight excluding hydrogens is 492 g/mol. The van der Waals surface area contributed by atoms with E-state index in [2.05, 4.69) is 12.2 Å². The number of nitro groups is 1. The summed E-state index contributed by atoms with van der Waals surface area (Å²) in [5.41, 5.74) is 0.920. The zero-order valence-electron chi connectivity index (χ0n) is 20.8. The molecule has 1 fully saturated rings. The predicted octanol–water partition coefficient (Wildman–Crippen LogP) is 5.91. The lowest BCUT2D eigenvalue weighted by molar-refractivity contribution is -0.384. The van der Waals surface area contributed by atoms with E-state index >= 15 is 0 Å². The highest BCUT2D eigenvalue weighted by Crippen LogP contribution is 2.36. The Kier molecular flexibility index (Phi) is 8.08. The summed E-state index contributed by atoms with van der Waals surface area (Å²) in [6.45, 7) is 4.05. The Morgan fingerprint density at radius 2 is 1.97 bits per heavy atom. The number of nitro benzene ring substituents is 1. The van der Waals surface area contributed by atoms with Crippen LogP contribution in [0.2, 0.25) is 0 Å². The quantitative estimate of drug-likeness (QED) is 0.277. The number of amidine groups is 1. The first-order valence-electron chi connectivity index (χ1n) is 12.0. The number of hydrogen-bond acceptors (Lipinski definition) is 7. The van der Waals surface area contributed by atoms with Crippen molar-refractivity contribution in [1.29, 1.82) is 0 Å². The molecule has 2 atom stereocenters. The molecule has 1 aliphatic rings. The number of carbonyl (C=O) groups is 2. The van der Waals surface area contributed by atoms with Gasteiger partial charge in [0.05, 0.1) is 29.5 Å². The Morgan fingerprint density at radius 1 is 1.22 bits per heavy atom. The van der Waals surface area contributed by atoms with Crippen molar-refractivity contribution in [2.45, 2.75) is 44.4 Å². The maximum Gasteiger partial charge on any atom is 0.273 e. The third-order valence-electron chi connectivity index (χ3n) is 6.14. The number of nitrogens with zero attached hydrogens (tertiary/aromatic N) is 3. The van der Waals surface area contributed by atoms with Crippen molar-refractivity contribution >= 4 is 56.6 Å². The molecule has 3 aromatic carbocycles. The fourth-order valence-corrected chi connectivity index (χ4v) is 5.56. The molecule has 0 aromatic heterocycles. The van der Waals surface area contributed by atoms with E-state index in [9.17, 15) is 19.7 Å². The van der Waals surface area contributed by atoms with Gasteiger partial charge in [-0.15, -0.1) is 0 Å². The van der Waals surface area contributed by atoms with Crippen LogP contribution in [-0.4, -0.2) is 45.2 Å². The van der Waals surface area contributed by atoms with Crippen LogP contribution < -0.4 is 10.1 Å². The number of non-ortho nitro benzene ring substituents is 1. The predicted molar refractivity (Wildman–Crippen MR) is 147 cm³/mol. The Morgan fingerprint density at radius 3 is 2.70 bits per heavy atom. The highest BCUT2D eigenvalue weighted by Gasteiger charge is 2.41. The molecule has 2 unspecified atom stereocenters. The van der Waals surface area contributed by atoms with Crippen molar-refractivity contribution in [1.82, 2.24) is 4.90 Å². The van der Waals surface area contributed by atoms with Crippen LogP contribution in [0.4, 0.5) is 17.1 Å². The summed E-state index contributed by atoms with van der Waals surface area (Å²) >= 11 is 1.28. The molecule has 1 saturated heterocycles. The number of anilines is 1. The van der Waals surface area contributed by atoms with Gasteiger partial charge in [-0.25, -0.2) is 4.99 Å². The van der Waals surface area contributed by atoms with Gasteiger partial charge in [0.2, 0.25) is 11.8 Å². The Hall–Kier alpha value is -3.92. The maximum atomic E-state index is 13.5. The van der Waals surface area contributed by atoms with Gasteiger partial charge in [0, 0.05) is 23.9 Å². The zero-order chi connectivity index (χ0) is 26.5. The first-order valence-corrected chi connectivity index (χ1v) is 12.9. The molecule has 1 aliphatic heterocycles. The fraction of sp³-hybridized carbons (Fsp3) is 0.296. The number of fused-ring (bicyclic) bond motifs is 1. The van der Waals surface area contributed by atoms with Crippen molar-refractivity contribution in [3.8, 4) is 5.75 Å². The van der Waals surface area contributed by atoms with E-state index < -0.39 is 16.1 Å². The van der Waals surface area contributed by atoms with Crippen LogP contribution in [0.3, 0.4) is 0 Å². The molecule has 192 valence electrons. The molecule has 3 aromatic rings. The third-order valence-corrected chi connectivity index (χ3v) is 7.29. The van der Waals surface area contributed by atoms with Crippen LogP contribution in [0.5, 0.6) is 5.75 Å². The van der Waals surface area contributed by atoms with Crippen LogP contribution in [0.25, 0.3) is 10.8 Å². The summed E-state index contributed by atoms with van der Waals surface area (Å²) in [5.74, 6) is -0.382. The molecule has 0 radical (unpaired) electrons. The van der Waals surface area contributed by atoms with Gasteiger partial charge >= 0.3 is 0 Å². The molecule has 0 aliphatic carbocycles. The maximum absolute atomic E-state index is 13.5. The van der Waals surface area contributed by atoms with Gasteiger partial charge in [0.25, 0.3) is 5.69 Å². The van der Waals surface area contributed by atoms with Crippen molar-refractivity contribution in [3.05, 3.63) is 70.8 Å². The number of thioether (sulfide) groups is 1. The van der Waals surface area contributed by atoms with E-state index in [1.165, 1.54) is 37.1 Å². The number of methoxy groups -OCH3 is 1. The topological polar surface area (TPSA) is 114 Å². The third kappa shape index (κ3) is 5.75. The number of nitrogens with one attached hydrogen (secondary N) is 1. The number of benzene rings is 3. The Bertz CT molecular complexity index is 1370. The summed E-state index contributed by atoms with van der Waals surface area (Å²) in [6, 6.07) is 17.7. The van der Waals surface area contributed by atoms with Crippen molar-refractivity contribution in [2.75, 3.05) is 12.4 Å². The van der Waals surface area contributed by atoms with Crippen LogP contribution >= 0.6 is 11.8 Å². The first kappa shape index (κ1) is 26.2. The molecule has 0 bridgehead atoms. The van der Waals surface area contributed by atoms with E-state index in [1.54, 1.807) is 4.90 Å². The number of rotatable bonds is 9. The number of carbonyl (C=O) groups excluding carboxylic acids is 2. The van der Waals surface area contributed by atoms with E-state index in [0.29, 0.717) is 10.9 Å². The SMILES string of the molecule is CCCC(C)N1C(=O)C(CC(=O)Nc2ccc([N+](=O)[O-])cc2OC)SC1=Nc1cccc2ccccc12. The van der Waals surface area contributed by atoms with E-state index in [4.69, 9.17) is 9.73 Å². The second-order valence-corrected chi connectivity index (χ2v) is 9.91. The minimum Gasteiger partial charge on any atom is -0.494 e. The smallest absolute Gasteiger partial charge is 0.273 e. The standard InChI is InChI=1S/C27H28N4O5S/c1-4-8-17(2)30-26(33)24(16-25(32)28-22-14-13-19(31(34)35)15-23(22)36-3)37-27(30)29-21-12-7-10-18-9-5-6-11-20(18)21/h5-7,9-15,17,24H,4,8,16H2,1-3H3,(H,28,32). The van der Waals surface area contributed by atoms with Gasteiger partial charge in [-0.3, -0.25) is 24.6 Å². The lowest BCUT2D eigenvalue weighted by Crippen LogP contribution is -2.40. The van der Waals surface area contributed by atoms with E-state index in [-0.39, 0.29) is 29.8 Å². The molecule has 0 spiro atoms.